The van der Waals surface area contributed by atoms with Crippen LogP contribution in [0.15, 0.2) is 34.8 Å². The molecule has 2 N–H and O–H groups in total. The summed E-state index contributed by atoms with van der Waals surface area (Å²) in [6, 6.07) is 9.47. The van der Waals surface area contributed by atoms with Gasteiger partial charge in [0.25, 0.3) is 0 Å². The Morgan fingerprint density at radius 3 is 2.54 bits per heavy atom. The molecule has 0 unspecified atom stereocenters. The molecular formula is C17H19BrN4O2. The van der Waals surface area contributed by atoms with Gasteiger partial charge in [-0.05, 0) is 53.5 Å². The molecule has 24 heavy (non-hydrogen) atoms. The highest BCUT2D eigenvalue weighted by Gasteiger charge is 2.15. The number of nitrogens with zero attached hydrogens (tertiary/aromatic N) is 3. The number of nitrogens with two attached hydrogens (primary N) is 1. The van der Waals surface area contributed by atoms with Crippen LogP contribution in [-0.2, 0) is 0 Å². The van der Waals surface area contributed by atoms with Gasteiger partial charge in [0, 0.05) is 6.07 Å². The molecule has 1 heterocycles. The highest BCUT2D eigenvalue weighted by molar-refractivity contribution is 9.10. The predicted molar refractivity (Wildman–Crippen MR) is 97.9 cm³/mol. The summed E-state index contributed by atoms with van der Waals surface area (Å²) in [5, 5.41) is 9.04. The monoisotopic (exact) mass is 390 g/mol. The largest absolute Gasteiger partial charge is 0.494 e. The lowest BCUT2D eigenvalue weighted by molar-refractivity contribution is 0.317. The van der Waals surface area contributed by atoms with Crippen LogP contribution in [0.4, 0.5) is 5.69 Å². The summed E-state index contributed by atoms with van der Waals surface area (Å²) in [4.78, 5) is 1.58. The molecule has 3 aromatic rings. The molecule has 6 nitrogen and oxygen atoms in total. The van der Waals surface area contributed by atoms with E-state index in [1.54, 1.807) is 10.9 Å². The molecule has 0 aliphatic heterocycles. The zero-order valence-corrected chi connectivity index (χ0v) is 15.2. The lowest BCUT2D eigenvalue weighted by Crippen LogP contribution is -1.99. The fraction of sp³-hybridized carbons (Fsp3) is 0.294. The molecule has 0 saturated carbocycles. The first-order valence-corrected chi connectivity index (χ1v) is 8.64. The van der Waals surface area contributed by atoms with Crippen molar-refractivity contribution in [3.63, 3.8) is 0 Å². The number of benzene rings is 2. The Morgan fingerprint density at radius 2 is 1.88 bits per heavy atom. The number of ether oxygens (including phenoxy) is 2. The van der Waals surface area contributed by atoms with E-state index in [-0.39, 0.29) is 0 Å². The summed E-state index contributed by atoms with van der Waals surface area (Å²) in [6.45, 7) is 5.23. The molecule has 0 atom stereocenters. The minimum absolute atomic E-state index is 0.528. The van der Waals surface area contributed by atoms with Crippen LogP contribution in [0.5, 0.6) is 11.5 Å². The van der Waals surface area contributed by atoms with Crippen LogP contribution in [0.3, 0.4) is 0 Å². The Bertz CT molecular complexity index is 846. The van der Waals surface area contributed by atoms with E-state index >= 15 is 0 Å². The highest BCUT2D eigenvalue weighted by Crippen LogP contribution is 2.36. The van der Waals surface area contributed by atoms with E-state index in [2.05, 4.69) is 33.1 Å². The second kappa shape index (κ2) is 7.09. The fourth-order valence-electron chi connectivity index (χ4n) is 2.29. The van der Waals surface area contributed by atoms with Crippen LogP contribution in [0.2, 0.25) is 0 Å². The van der Waals surface area contributed by atoms with E-state index in [1.165, 1.54) is 0 Å². The number of hydrogen-bond acceptors (Lipinski definition) is 5. The summed E-state index contributed by atoms with van der Waals surface area (Å²) >= 11 is 3.49. The molecule has 0 amide bonds. The maximum atomic E-state index is 6.08. The van der Waals surface area contributed by atoms with Crippen LogP contribution < -0.4 is 15.2 Å². The van der Waals surface area contributed by atoms with Crippen molar-refractivity contribution >= 4 is 32.7 Å². The topological polar surface area (TPSA) is 75.2 Å². The SMILES string of the molecule is CCCOc1ccc(-n2nc3cc(OCC)c(N)c(Br)c3n2)cc1. The third-order valence-corrected chi connectivity index (χ3v) is 4.26. The Morgan fingerprint density at radius 1 is 1.12 bits per heavy atom. The van der Waals surface area contributed by atoms with Crippen molar-refractivity contribution in [3.05, 3.63) is 34.8 Å². The average molecular weight is 391 g/mol. The first-order chi connectivity index (χ1) is 11.6. The molecule has 1 aromatic heterocycles. The quantitative estimate of drug-likeness (QED) is 0.644. The summed E-state index contributed by atoms with van der Waals surface area (Å²) in [7, 11) is 0. The van der Waals surface area contributed by atoms with E-state index in [0.29, 0.717) is 40.2 Å². The zero-order chi connectivity index (χ0) is 17.1. The molecule has 0 saturated heterocycles. The summed E-state index contributed by atoms with van der Waals surface area (Å²) in [6.07, 6.45) is 0.978. The highest BCUT2D eigenvalue weighted by atomic mass is 79.9. The van der Waals surface area contributed by atoms with Crippen LogP contribution >= 0.6 is 15.9 Å². The van der Waals surface area contributed by atoms with E-state index in [1.807, 2.05) is 31.2 Å². The Hall–Kier alpha value is -2.28. The minimum atomic E-state index is 0.528. The number of aromatic nitrogens is 3. The van der Waals surface area contributed by atoms with Gasteiger partial charge < -0.3 is 15.2 Å². The number of rotatable bonds is 6. The first kappa shape index (κ1) is 16.6. The Labute approximate surface area is 148 Å². The molecule has 2 aromatic carbocycles. The zero-order valence-electron chi connectivity index (χ0n) is 13.6. The normalized spacial score (nSPS) is 11.0. The van der Waals surface area contributed by atoms with E-state index in [0.717, 1.165) is 17.9 Å². The van der Waals surface area contributed by atoms with Gasteiger partial charge in [-0.1, -0.05) is 6.92 Å². The van der Waals surface area contributed by atoms with Crippen molar-refractivity contribution in [1.29, 1.82) is 0 Å². The molecule has 0 spiro atoms. The molecule has 0 bridgehead atoms. The lowest BCUT2D eigenvalue weighted by Gasteiger charge is -2.07. The van der Waals surface area contributed by atoms with Gasteiger partial charge in [-0.25, -0.2) is 0 Å². The predicted octanol–water partition coefficient (Wildman–Crippen LogP) is 3.95. The van der Waals surface area contributed by atoms with Gasteiger partial charge >= 0.3 is 0 Å². The van der Waals surface area contributed by atoms with Crippen molar-refractivity contribution in [3.8, 4) is 17.2 Å². The minimum Gasteiger partial charge on any atom is -0.494 e. The molecule has 126 valence electrons. The number of fused-ring (bicyclic) bond motifs is 1. The average Bonchev–Trinajstić information content (AvgIpc) is 3.02. The summed E-state index contributed by atoms with van der Waals surface area (Å²) < 4.78 is 11.8. The smallest absolute Gasteiger partial charge is 0.145 e. The van der Waals surface area contributed by atoms with Gasteiger partial charge in [-0.15, -0.1) is 10.2 Å². The number of anilines is 1. The fourth-order valence-corrected chi connectivity index (χ4v) is 2.77. The molecule has 0 fully saturated rings. The van der Waals surface area contributed by atoms with Crippen LogP contribution in [0.1, 0.15) is 20.3 Å². The molecular weight excluding hydrogens is 372 g/mol. The van der Waals surface area contributed by atoms with Gasteiger partial charge in [-0.3, -0.25) is 0 Å². The van der Waals surface area contributed by atoms with Crippen LogP contribution in [-0.4, -0.2) is 28.2 Å². The van der Waals surface area contributed by atoms with Gasteiger partial charge in [-0.2, -0.15) is 4.80 Å². The van der Waals surface area contributed by atoms with E-state index < -0.39 is 0 Å². The van der Waals surface area contributed by atoms with Crippen molar-refractivity contribution in [2.24, 2.45) is 0 Å². The first-order valence-electron chi connectivity index (χ1n) is 7.85. The standard InChI is InChI=1S/C17H19BrN4O2/c1-3-9-24-12-7-5-11(6-8-12)22-20-13-10-14(23-4-2)16(19)15(18)17(13)21-22/h5-8,10H,3-4,9,19H2,1-2H3. The Balaban J connectivity index is 1.97. The maximum Gasteiger partial charge on any atom is 0.145 e. The van der Waals surface area contributed by atoms with Crippen LogP contribution in [0.25, 0.3) is 16.7 Å². The van der Waals surface area contributed by atoms with Crippen molar-refractivity contribution in [1.82, 2.24) is 15.0 Å². The maximum absolute atomic E-state index is 6.08. The third-order valence-electron chi connectivity index (χ3n) is 3.46. The third kappa shape index (κ3) is 3.17. The molecule has 0 aliphatic carbocycles. The second-order valence-electron chi connectivity index (χ2n) is 5.23. The van der Waals surface area contributed by atoms with Gasteiger partial charge in [0.05, 0.1) is 29.1 Å². The van der Waals surface area contributed by atoms with Gasteiger partial charge in [0.1, 0.15) is 22.5 Å². The van der Waals surface area contributed by atoms with Gasteiger partial charge in [0.15, 0.2) is 0 Å². The van der Waals surface area contributed by atoms with Gasteiger partial charge in [0.2, 0.25) is 0 Å². The van der Waals surface area contributed by atoms with Crippen molar-refractivity contribution < 1.29 is 9.47 Å². The van der Waals surface area contributed by atoms with E-state index in [9.17, 15) is 0 Å². The molecule has 7 heteroatoms. The number of nitrogen functional groups attached to an aromatic ring is 1. The Kier molecular flexibility index (Phi) is 4.89. The van der Waals surface area contributed by atoms with Crippen molar-refractivity contribution in [2.75, 3.05) is 18.9 Å². The molecule has 0 aliphatic rings. The number of halogens is 1. The molecule has 0 radical (unpaired) electrons. The second-order valence-corrected chi connectivity index (χ2v) is 6.03. The van der Waals surface area contributed by atoms with E-state index in [4.69, 9.17) is 15.2 Å². The number of hydrogen-bond donors (Lipinski definition) is 1. The summed E-state index contributed by atoms with van der Waals surface area (Å²) in [5.74, 6) is 1.44. The lowest BCUT2D eigenvalue weighted by atomic mass is 10.2. The molecule has 3 rings (SSSR count). The van der Waals surface area contributed by atoms with Crippen molar-refractivity contribution in [2.45, 2.75) is 20.3 Å². The summed E-state index contributed by atoms with van der Waals surface area (Å²) in [5.41, 5.74) is 8.87. The van der Waals surface area contributed by atoms with Crippen LogP contribution in [0, 0.1) is 0 Å².